The molecule has 2 atom stereocenters. The Balaban J connectivity index is 2.31. The highest BCUT2D eigenvalue weighted by atomic mass is 16.5. The van der Waals surface area contributed by atoms with Crippen molar-refractivity contribution in [1.29, 1.82) is 0 Å². The Labute approximate surface area is 120 Å². The van der Waals surface area contributed by atoms with Crippen molar-refractivity contribution >= 4 is 0 Å². The molecule has 19 heavy (non-hydrogen) atoms. The third-order valence-corrected chi connectivity index (χ3v) is 4.23. The van der Waals surface area contributed by atoms with Crippen molar-refractivity contribution in [3.05, 3.63) is 0 Å². The third kappa shape index (κ3) is 6.24. The smallest absolute Gasteiger partial charge is 0.0599 e. The molecule has 1 saturated heterocycles. The van der Waals surface area contributed by atoms with Crippen LogP contribution >= 0.6 is 0 Å². The topological polar surface area (TPSA) is 24.5 Å². The Bertz CT molecular complexity index is 242. The molecule has 0 bridgehead atoms. The molecule has 0 aromatic rings. The van der Waals surface area contributed by atoms with Crippen molar-refractivity contribution in [3.63, 3.8) is 0 Å². The number of rotatable bonds is 6. The highest BCUT2D eigenvalue weighted by Crippen LogP contribution is 2.19. The molecule has 1 fully saturated rings. The van der Waals surface area contributed by atoms with Crippen LogP contribution in [-0.4, -0.2) is 48.8 Å². The molecule has 2 unspecified atom stereocenters. The lowest BCUT2D eigenvalue weighted by atomic mass is 9.97. The first kappa shape index (κ1) is 16.9. The third-order valence-electron chi connectivity index (χ3n) is 4.23. The van der Waals surface area contributed by atoms with Crippen LogP contribution in [-0.2, 0) is 4.74 Å². The Morgan fingerprint density at radius 3 is 2.26 bits per heavy atom. The monoisotopic (exact) mass is 270 g/mol. The standard InChI is InChI=1S/C16H34N2O/c1-7-19-15-8-10-18(11-9-15)14(3)13(2)12-17-16(4,5)6/h13-15,17H,7-12H2,1-6H3. The normalized spacial score (nSPS) is 22.4. The average Bonchev–Trinajstić information content (AvgIpc) is 2.35. The van der Waals surface area contributed by atoms with Gasteiger partial charge in [-0.2, -0.15) is 0 Å². The van der Waals surface area contributed by atoms with Crippen LogP contribution in [0.15, 0.2) is 0 Å². The van der Waals surface area contributed by atoms with Crippen LogP contribution < -0.4 is 5.32 Å². The maximum absolute atomic E-state index is 5.72. The fourth-order valence-electron chi connectivity index (χ4n) is 2.68. The molecule has 114 valence electrons. The minimum atomic E-state index is 0.218. The van der Waals surface area contributed by atoms with Crippen molar-refractivity contribution in [2.45, 2.75) is 72.1 Å². The van der Waals surface area contributed by atoms with Gasteiger partial charge in [0.25, 0.3) is 0 Å². The lowest BCUT2D eigenvalue weighted by Crippen LogP contribution is -2.48. The molecule has 0 aromatic heterocycles. The molecule has 0 saturated carbocycles. The Morgan fingerprint density at radius 2 is 1.79 bits per heavy atom. The second-order valence-corrected chi connectivity index (χ2v) is 7.04. The molecule has 1 heterocycles. The maximum Gasteiger partial charge on any atom is 0.0599 e. The van der Waals surface area contributed by atoms with Crippen molar-refractivity contribution in [2.24, 2.45) is 5.92 Å². The molecule has 1 N–H and O–H groups in total. The van der Waals surface area contributed by atoms with E-state index >= 15 is 0 Å². The van der Waals surface area contributed by atoms with E-state index in [-0.39, 0.29) is 5.54 Å². The van der Waals surface area contributed by atoms with E-state index in [1.807, 2.05) is 0 Å². The van der Waals surface area contributed by atoms with E-state index in [1.165, 1.54) is 25.9 Å². The fraction of sp³-hybridized carbons (Fsp3) is 1.00. The predicted molar refractivity (Wildman–Crippen MR) is 82.6 cm³/mol. The molecule has 0 aliphatic carbocycles. The molecule has 0 spiro atoms. The zero-order chi connectivity index (χ0) is 14.5. The van der Waals surface area contributed by atoms with E-state index in [0.717, 1.165) is 13.2 Å². The second kappa shape index (κ2) is 7.61. The maximum atomic E-state index is 5.72. The summed E-state index contributed by atoms with van der Waals surface area (Å²) in [5.74, 6) is 0.683. The minimum Gasteiger partial charge on any atom is -0.378 e. The van der Waals surface area contributed by atoms with Gasteiger partial charge >= 0.3 is 0 Å². The zero-order valence-electron chi connectivity index (χ0n) is 13.8. The molecule has 0 amide bonds. The highest BCUT2D eigenvalue weighted by Gasteiger charge is 2.26. The van der Waals surface area contributed by atoms with E-state index in [2.05, 4.69) is 51.8 Å². The van der Waals surface area contributed by atoms with E-state index in [4.69, 9.17) is 4.74 Å². The van der Waals surface area contributed by atoms with Crippen LogP contribution in [0.3, 0.4) is 0 Å². The number of likely N-dealkylation sites (tertiary alicyclic amines) is 1. The van der Waals surface area contributed by atoms with Gasteiger partial charge in [0, 0.05) is 31.3 Å². The number of piperidine rings is 1. The van der Waals surface area contributed by atoms with Gasteiger partial charge in [0.1, 0.15) is 0 Å². The van der Waals surface area contributed by atoms with Crippen LogP contribution in [0, 0.1) is 5.92 Å². The number of ether oxygens (including phenoxy) is 1. The molecule has 3 heteroatoms. The molecule has 0 radical (unpaired) electrons. The van der Waals surface area contributed by atoms with E-state index in [0.29, 0.717) is 18.1 Å². The van der Waals surface area contributed by atoms with E-state index < -0.39 is 0 Å². The lowest BCUT2D eigenvalue weighted by molar-refractivity contribution is -0.000273. The summed E-state index contributed by atoms with van der Waals surface area (Å²) in [5.41, 5.74) is 0.218. The zero-order valence-corrected chi connectivity index (χ0v) is 13.8. The number of nitrogens with zero attached hydrogens (tertiary/aromatic N) is 1. The van der Waals surface area contributed by atoms with Crippen molar-refractivity contribution in [3.8, 4) is 0 Å². The Kier molecular flexibility index (Phi) is 6.78. The van der Waals surface area contributed by atoms with Gasteiger partial charge in [-0.3, -0.25) is 0 Å². The quantitative estimate of drug-likeness (QED) is 0.803. The summed E-state index contributed by atoms with van der Waals surface area (Å²) in [6.45, 7) is 17.8. The number of hydrogen-bond donors (Lipinski definition) is 1. The number of nitrogens with one attached hydrogen (secondary N) is 1. The Hall–Kier alpha value is -0.120. The van der Waals surface area contributed by atoms with Crippen LogP contribution in [0.2, 0.25) is 0 Å². The van der Waals surface area contributed by atoms with Gasteiger partial charge in [-0.25, -0.2) is 0 Å². The van der Waals surface area contributed by atoms with Crippen molar-refractivity contribution in [2.75, 3.05) is 26.2 Å². The molecule has 1 aliphatic rings. The molecule has 1 rings (SSSR count). The van der Waals surface area contributed by atoms with E-state index in [1.54, 1.807) is 0 Å². The summed E-state index contributed by atoms with van der Waals surface area (Å²) < 4.78 is 5.72. The molecular weight excluding hydrogens is 236 g/mol. The van der Waals surface area contributed by atoms with Gasteiger partial charge in [-0.1, -0.05) is 6.92 Å². The first-order valence-electron chi connectivity index (χ1n) is 7.94. The van der Waals surface area contributed by atoms with Crippen molar-refractivity contribution in [1.82, 2.24) is 10.2 Å². The molecule has 3 nitrogen and oxygen atoms in total. The molecular formula is C16H34N2O. The first-order valence-corrected chi connectivity index (χ1v) is 7.94. The summed E-state index contributed by atoms with van der Waals surface area (Å²) in [5, 5.41) is 3.62. The van der Waals surface area contributed by atoms with Crippen LogP contribution in [0.1, 0.15) is 54.4 Å². The molecule has 1 aliphatic heterocycles. The van der Waals surface area contributed by atoms with Gasteiger partial charge in [0.15, 0.2) is 0 Å². The lowest BCUT2D eigenvalue weighted by Gasteiger charge is -2.39. The van der Waals surface area contributed by atoms with Crippen LogP contribution in [0.4, 0.5) is 0 Å². The summed E-state index contributed by atoms with van der Waals surface area (Å²) in [4.78, 5) is 2.63. The number of hydrogen-bond acceptors (Lipinski definition) is 3. The van der Waals surface area contributed by atoms with E-state index in [9.17, 15) is 0 Å². The highest BCUT2D eigenvalue weighted by molar-refractivity contribution is 4.82. The van der Waals surface area contributed by atoms with Gasteiger partial charge in [-0.05, 0) is 59.9 Å². The predicted octanol–water partition coefficient (Wildman–Crippen LogP) is 2.90. The molecule has 0 aromatic carbocycles. The summed E-state index contributed by atoms with van der Waals surface area (Å²) in [7, 11) is 0. The van der Waals surface area contributed by atoms with Crippen LogP contribution in [0.25, 0.3) is 0 Å². The van der Waals surface area contributed by atoms with Gasteiger partial charge in [0.05, 0.1) is 6.10 Å². The first-order chi connectivity index (χ1) is 8.83. The van der Waals surface area contributed by atoms with Crippen molar-refractivity contribution < 1.29 is 4.74 Å². The minimum absolute atomic E-state index is 0.218. The van der Waals surface area contributed by atoms with Gasteiger partial charge in [0.2, 0.25) is 0 Å². The fourth-order valence-corrected chi connectivity index (χ4v) is 2.68. The summed E-state index contributed by atoms with van der Waals surface area (Å²) in [6, 6.07) is 0.650. The largest absolute Gasteiger partial charge is 0.378 e. The summed E-state index contributed by atoms with van der Waals surface area (Å²) >= 11 is 0. The second-order valence-electron chi connectivity index (χ2n) is 7.04. The van der Waals surface area contributed by atoms with Gasteiger partial charge in [-0.15, -0.1) is 0 Å². The summed E-state index contributed by atoms with van der Waals surface area (Å²) in [6.07, 6.45) is 2.88. The Morgan fingerprint density at radius 1 is 1.21 bits per heavy atom. The SMILES string of the molecule is CCOC1CCN(C(C)C(C)CNC(C)(C)C)CC1. The van der Waals surface area contributed by atoms with Crippen LogP contribution in [0.5, 0.6) is 0 Å². The average molecular weight is 270 g/mol. The van der Waals surface area contributed by atoms with Gasteiger partial charge < -0.3 is 15.0 Å².